The van der Waals surface area contributed by atoms with Crippen LogP contribution in [0.5, 0.6) is 5.75 Å². The number of para-hydroxylation sites is 1. The number of esters is 1. The van der Waals surface area contributed by atoms with Crippen molar-refractivity contribution >= 4 is 23.4 Å². The molecule has 29 heavy (non-hydrogen) atoms. The first-order valence-corrected chi connectivity index (χ1v) is 9.98. The highest BCUT2D eigenvalue weighted by Crippen LogP contribution is 2.47. The standard InChI is InChI=1S/C21H18N2O5S/c1-11-8-9-12(27-11)10-15-18(24)23-17-13-6-4-5-7-14(13)28-21(2,22-20(23)29-15)16(17)19(25)26-3/h4-10,16-17H,1-3H3/t16-,17-,21-/m1/s1. The Bertz CT molecular complexity index is 1320. The first-order valence-electron chi connectivity index (χ1n) is 9.16. The molecule has 2 bridgehead atoms. The van der Waals surface area contributed by atoms with Gasteiger partial charge in [-0.3, -0.25) is 14.2 Å². The number of rotatable bonds is 2. The summed E-state index contributed by atoms with van der Waals surface area (Å²) in [4.78, 5) is 31.3. The second kappa shape index (κ2) is 6.18. The lowest BCUT2D eigenvalue weighted by atomic mass is 9.81. The monoisotopic (exact) mass is 410 g/mol. The number of thiazole rings is 1. The summed E-state index contributed by atoms with van der Waals surface area (Å²) in [6, 6.07) is 10.5. The van der Waals surface area contributed by atoms with Crippen LogP contribution in [0.15, 0.2) is 50.6 Å². The largest absolute Gasteiger partial charge is 0.469 e. The summed E-state index contributed by atoms with van der Waals surface area (Å²) in [7, 11) is 1.33. The molecule has 2 aliphatic heterocycles. The summed E-state index contributed by atoms with van der Waals surface area (Å²) in [6.07, 6.45) is 1.70. The number of benzene rings is 1. The molecule has 0 radical (unpaired) electrons. The molecule has 0 aliphatic carbocycles. The lowest BCUT2D eigenvalue weighted by Gasteiger charge is -2.44. The van der Waals surface area contributed by atoms with Crippen LogP contribution >= 0.6 is 11.3 Å². The molecule has 2 aliphatic rings. The minimum Gasteiger partial charge on any atom is -0.469 e. The lowest BCUT2D eigenvalue weighted by molar-refractivity contribution is -0.158. The van der Waals surface area contributed by atoms with Crippen LogP contribution in [-0.2, 0) is 9.53 Å². The van der Waals surface area contributed by atoms with E-state index in [2.05, 4.69) is 4.99 Å². The summed E-state index contributed by atoms with van der Waals surface area (Å²) in [6.45, 7) is 3.60. The highest BCUT2D eigenvalue weighted by atomic mass is 32.1. The van der Waals surface area contributed by atoms with Crippen molar-refractivity contribution < 1.29 is 18.7 Å². The van der Waals surface area contributed by atoms with Crippen molar-refractivity contribution in [2.45, 2.75) is 25.6 Å². The highest BCUT2D eigenvalue weighted by molar-refractivity contribution is 7.07. The van der Waals surface area contributed by atoms with E-state index in [0.717, 1.165) is 11.3 Å². The molecular formula is C21H18N2O5S. The van der Waals surface area contributed by atoms with E-state index in [-0.39, 0.29) is 5.56 Å². The first kappa shape index (κ1) is 17.9. The van der Waals surface area contributed by atoms with Crippen molar-refractivity contribution in [3.8, 4) is 5.75 Å². The number of carbonyl (C=O) groups excluding carboxylic acids is 1. The van der Waals surface area contributed by atoms with E-state index in [9.17, 15) is 9.59 Å². The summed E-state index contributed by atoms with van der Waals surface area (Å²) >= 11 is 1.25. The van der Waals surface area contributed by atoms with Crippen LogP contribution in [-0.4, -0.2) is 23.4 Å². The normalized spacial score (nSPS) is 24.9. The Balaban J connectivity index is 1.81. The molecule has 0 fully saturated rings. The lowest BCUT2D eigenvalue weighted by Crippen LogP contribution is -2.58. The van der Waals surface area contributed by atoms with Crippen LogP contribution in [0.2, 0.25) is 0 Å². The minimum absolute atomic E-state index is 0.222. The molecule has 0 N–H and O–H groups in total. The van der Waals surface area contributed by atoms with Gasteiger partial charge in [0.2, 0.25) is 5.72 Å². The molecule has 148 valence electrons. The van der Waals surface area contributed by atoms with Gasteiger partial charge in [-0.15, -0.1) is 0 Å². The second-order valence-electron chi connectivity index (χ2n) is 7.27. The third-order valence-corrected chi connectivity index (χ3v) is 6.35. The number of hydrogen-bond donors (Lipinski definition) is 0. The number of ether oxygens (including phenoxy) is 2. The van der Waals surface area contributed by atoms with Gasteiger partial charge in [0.05, 0.1) is 17.7 Å². The number of nitrogens with zero attached hydrogens (tertiary/aromatic N) is 2. The van der Waals surface area contributed by atoms with E-state index in [0.29, 0.717) is 20.8 Å². The van der Waals surface area contributed by atoms with Gasteiger partial charge in [0, 0.05) is 11.6 Å². The third-order valence-electron chi connectivity index (χ3n) is 5.37. The van der Waals surface area contributed by atoms with Gasteiger partial charge in [0.1, 0.15) is 23.2 Å². The van der Waals surface area contributed by atoms with Crippen molar-refractivity contribution in [3.05, 3.63) is 73.2 Å². The Morgan fingerprint density at radius 2 is 2.10 bits per heavy atom. The number of aromatic nitrogens is 1. The zero-order valence-electron chi connectivity index (χ0n) is 16.0. The maximum absolute atomic E-state index is 13.3. The van der Waals surface area contributed by atoms with Crippen molar-refractivity contribution in [1.29, 1.82) is 0 Å². The van der Waals surface area contributed by atoms with Crippen LogP contribution in [0.1, 0.15) is 30.0 Å². The molecule has 1 aromatic carbocycles. The van der Waals surface area contributed by atoms with Gasteiger partial charge in [-0.2, -0.15) is 0 Å². The topological polar surface area (TPSA) is 83.0 Å². The van der Waals surface area contributed by atoms with Crippen LogP contribution in [0.25, 0.3) is 6.08 Å². The number of hydrogen-bond acceptors (Lipinski definition) is 7. The maximum atomic E-state index is 13.3. The Morgan fingerprint density at radius 3 is 2.83 bits per heavy atom. The van der Waals surface area contributed by atoms with Crippen molar-refractivity contribution in [2.75, 3.05) is 7.11 Å². The summed E-state index contributed by atoms with van der Waals surface area (Å²) in [5.41, 5.74) is -0.626. The number of methoxy groups -OCH3 is 1. The molecule has 4 heterocycles. The quantitative estimate of drug-likeness (QED) is 0.601. The zero-order valence-corrected chi connectivity index (χ0v) is 16.9. The fraction of sp³-hybridized carbons (Fsp3) is 0.286. The van der Waals surface area contributed by atoms with Crippen LogP contribution in [0, 0.1) is 12.8 Å². The smallest absolute Gasteiger partial charge is 0.317 e. The molecule has 0 amide bonds. The van der Waals surface area contributed by atoms with E-state index < -0.39 is 23.7 Å². The Hall–Kier alpha value is -3.13. The van der Waals surface area contributed by atoms with Gasteiger partial charge in [-0.25, -0.2) is 4.99 Å². The first-order chi connectivity index (χ1) is 13.9. The summed E-state index contributed by atoms with van der Waals surface area (Å²) in [5.74, 6) is 0.723. The second-order valence-corrected chi connectivity index (χ2v) is 8.28. The molecule has 8 heteroatoms. The molecule has 5 rings (SSSR count). The molecule has 2 aromatic heterocycles. The van der Waals surface area contributed by atoms with Gasteiger partial charge < -0.3 is 13.9 Å². The van der Waals surface area contributed by atoms with Crippen molar-refractivity contribution in [3.63, 3.8) is 0 Å². The average molecular weight is 410 g/mol. The van der Waals surface area contributed by atoms with Crippen molar-refractivity contribution in [1.82, 2.24) is 4.57 Å². The van der Waals surface area contributed by atoms with Gasteiger partial charge in [0.25, 0.3) is 5.56 Å². The number of fused-ring (bicyclic) bond motifs is 6. The van der Waals surface area contributed by atoms with E-state index in [4.69, 9.17) is 13.9 Å². The molecule has 0 unspecified atom stereocenters. The molecule has 3 aromatic rings. The fourth-order valence-electron chi connectivity index (χ4n) is 4.09. The van der Waals surface area contributed by atoms with Crippen LogP contribution < -0.4 is 19.6 Å². The Morgan fingerprint density at radius 1 is 1.31 bits per heavy atom. The maximum Gasteiger partial charge on any atom is 0.317 e. The number of aryl methyl sites for hydroxylation is 1. The van der Waals surface area contributed by atoms with Gasteiger partial charge in [-0.05, 0) is 32.0 Å². The third kappa shape index (κ3) is 2.59. The Labute approximate surface area is 169 Å². The number of carbonyl (C=O) groups is 1. The average Bonchev–Trinajstić information content (AvgIpc) is 3.23. The van der Waals surface area contributed by atoms with Crippen LogP contribution in [0.4, 0.5) is 0 Å². The Kier molecular flexibility index (Phi) is 3.82. The molecule has 0 saturated heterocycles. The van der Waals surface area contributed by atoms with Gasteiger partial charge in [-0.1, -0.05) is 29.5 Å². The highest BCUT2D eigenvalue weighted by Gasteiger charge is 2.55. The molecule has 0 spiro atoms. The fourth-order valence-corrected chi connectivity index (χ4v) is 5.17. The SMILES string of the molecule is COC(=O)[C@H]1[C@H]2c3ccccc3O[C@@]1(C)N=c1sc(=Cc3ccc(C)o3)c(=O)n12. The number of furan rings is 1. The van der Waals surface area contributed by atoms with E-state index in [1.165, 1.54) is 18.4 Å². The molecule has 0 saturated carbocycles. The van der Waals surface area contributed by atoms with Gasteiger partial charge >= 0.3 is 5.97 Å². The molecule has 7 nitrogen and oxygen atoms in total. The summed E-state index contributed by atoms with van der Waals surface area (Å²) < 4.78 is 18.9. The molecule has 3 atom stereocenters. The van der Waals surface area contributed by atoms with Crippen molar-refractivity contribution in [2.24, 2.45) is 10.9 Å². The predicted molar refractivity (Wildman–Crippen MR) is 105 cm³/mol. The van der Waals surface area contributed by atoms with E-state index >= 15 is 0 Å². The van der Waals surface area contributed by atoms with E-state index in [1.807, 2.05) is 43.3 Å². The predicted octanol–water partition coefficient (Wildman–Crippen LogP) is 1.76. The zero-order chi connectivity index (χ0) is 20.3. The molecular weight excluding hydrogens is 392 g/mol. The minimum atomic E-state index is -1.16. The van der Waals surface area contributed by atoms with E-state index in [1.54, 1.807) is 17.6 Å². The van der Waals surface area contributed by atoms with Gasteiger partial charge in [0.15, 0.2) is 4.80 Å². The van der Waals surface area contributed by atoms with Crippen LogP contribution in [0.3, 0.4) is 0 Å². The summed E-state index contributed by atoms with van der Waals surface area (Å²) in [5, 5.41) is 0.